The molecular weight excluding hydrogens is 747 g/mol. The smallest absolute Gasteiger partial charge is 0.334 e. The van der Waals surface area contributed by atoms with Crippen LogP contribution in [0.4, 0.5) is 4.79 Å². The summed E-state index contributed by atoms with van der Waals surface area (Å²) in [5, 5.41) is 32.6. The average molecular weight is 804 g/mol. The summed E-state index contributed by atoms with van der Waals surface area (Å²) in [6.45, 7) is 11.4. The number of aromatic hydroxyl groups is 1. The first-order valence-electron chi connectivity index (χ1n) is 20.9. The molecule has 1 aromatic heterocycles. The van der Waals surface area contributed by atoms with Gasteiger partial charge in [0.25, 0.3) is 0 Å². The molecule has 4 aliphatic rings. The Labute approximate surface area is 346 Å². The molecule has 0 saturated carbocycles. The van der Waals surface area contributed by atoms with E-state index in [0.717, 1.165) is 84.9 Å². The van der Waals surface area contributed by atoms with Crippen LogP contribution < -0.4 is 10.6 Å². The molecule has 14 heteroatoms. The molecular formula is C45H57N9O5. The summed E-state index contributed by atoms with van der Waals surface area (Å²) in [6, 6.07) is 21.0. The number of fused-ring (bicyclic) bond motifs is 2. The second-order valence-electron chi connectivity index (χ2n) is 16.4. The van der Waals surface area contributed by atoms with Crippen molar-refractivity contribution in [1.29, 1.82) is 0 Å². The van der Waals surface area contributed by atoms with Crippen molar-refractivity contribution in [3.05, 3.63) is 114 Å². The zero-order valence-electron chi connectivity index (χ0n) is 34.0. The molecule has 0 bridgehead atoms. The van der Waals surface area contributed by atoms with Gasteiger partial charge in [-0.3, -0.25) is 14.5 Å². The van der Waals surface area contributed by atoms with Crippen LogP contribution in [0.5, 0.6) is 5.75 Å². The summed E-state index contributed by atoms with van der Waals surface area (Å²) in [7, 11) is 1.97. The largest absolute Gasteiger partial charge is 0.508 e. The number of phenols is 1. The summed E-state index contributed by atoms with van der Waals surface area (Å²) in [5.74, 6) is 0.356. The van der Waals surface area contributed by atoms with Gasteiger partial charge in [-0.05, 0) is 60.7 Å². The third kappa shape index (κ3) is 8.73. The first-order valence-corrected chi connectivity index (χ1v) is 20.9. The van der Waals surface area contributed by atoms with Crippen LogP contribution >= 0.6 is 0 Å². The molecule has 59 heavy (non-hydrogen) atoms. The highest BCUT2D eigenvalue weighted by molar-refractivity contribution is 5.92. The Morgan fingerprint density at radius 3 is 2.44 bits per heavy atom. The predicted octanol–water partition coefficient (Wildman–Crippen LogP) is 3.23. The standard InChI is InChI=1S/C45H57N9O5/c1-3-20-52-31-41(56)53-39(25-32-12-14-36(55)15-13-32)44(58)51(30-40(53)54(52)45(59)47-26-33-8-5-4-6-9-33)28-35-10-7-11-37-38(29-48(2)42(35)37)43(57)50-23-21-49(22-24-50)27-34-16-18-46-19-17-34/h3-15,29,34,39-40,43,46,55,57H,1,16-28,30-31H2,2H3,(H,47,59)/t39-,40-,43?/m0/s1. The first-order chi connectivity index (χ1) is 28.7. The maximum absolute atomic E-state index is 14.8. The SMILES string of the molecule is C=CCN1CC(=O)N2[C@@H](Cc3ccc(O)cc3)C(=O)N(Cc3cccc4c(C(O)N5CCN(CC6CCNCC6)CC5)cn(C)c34)C[C@@H]2N1C(=O)NCc1ccccc1. The van der Waals surface area contributed by atoms with Crippen LogP contribution in [0.2, 0.25) is 0 Å². The first kappa shape index (κ1) is 40.5. The minimum atomic E-state index is -0.903. The number of phenolic OH excluding ortho intramolecular Hbond substituents is 1. The fourth-order valence-corrected chi connectivity index (χ4v) is 9.49. The highest BCUT2D eigenvalue weighted by Crippen LogP contribution is 2.34. The van der Waals surface area contributed by atoms with E-state index in [1.54, 1.807) is 50.2 Å². The van der Waals surface area contributed by atoms with Crippen LogP contribution in [-0.2, 0) is 36.1 Å². The van der Waals surface area contributed by atoms with Gasteiger partial charge < -0.3 is 40.1 Å². The molecule has 0 radical (unpaired) electrons. The van der Waals surface area contributed by atoms with Crippen molar-refractivity contribution in [3.8, 4) is 5.75 Å². The molecule has 8 rings (SSSR count). The maximum atomic E-state index is 14.8. The van der Waals surface area contributed by atoms with Gasteiger partial charge in [-0.25, -0.2) is 14.8 Å². The molecule has 4 aromatic rings. The molecule has 312 valence electrons. The number of hydrogen-bond acceptors (Lipinski definition) is 9. The summed E-state index contributed by atoms with van der Waals surface area (Å²) in [5.41, 5.74) is 4.35. The van der Waals surface area contributed by atoms with Crippen LogP contribution in [-0.4, -0.2) is 140 Å². The van der Waals surface area contributed by atoms with Crippen LogP contribution in [0.1, 0.15) is 41.3 Å². The highest BCUT2D eigenvalue weighted by atomic mass is 16.3. The lowest BCUT2D eigenvalue weighted by Crippen LogP contribution is -2.76. The Morgan fingerprint density at radius 1 is 0.966 bits per heavy atom. The van der Waals surface area contributed by atoms with Crippen molar-refractivity contribution >= 4 is 28.7 Å². The maximum Gasteiger partial charge on any atom is 0.334 e. The number of nitrogens with zero attached hydrogens (tertiary/aromatic N) is 7. The van der Waals surface area contributed by atoms with Crippen molar-refractivity contribution in [2.45, 2.75) is 50.8 Å². The minimum Gasteiger partial charge on any atom is -0.508 e. The highest BCUT2D eigenvalue weighted by Gasteiger charge is 2.51. The quantitative estimate of drug-likeness (QED) is 0.159. The van der Waals surface area contributed by atoms with Crippen LogP contribution in [0.3, 0.4) is 0 Å². The van der Waals surface area contributed by atoms with E-state index in [2.05, 4.69) is 27.0 Å². The average Bonchev–Trinajstić information content (AvgIpc) is 3.59. The van der Waals surface area contributed by atoms with Gasteiger partial charge in [0.05, 0.1) is 18.6 Å². The number of aryl methyl sites for hydroxylation is 1. The zero-order chi connectivity index (χ0) is 41.0. The van der Waals surface area contributed by atoms with Gasteiger partial charge in [0, 0.05) is 83.0 Å². The Hall–Kier alpha value is -5.25. The fraction of sp³-hybridized carbons (Fsp3) is 0.444. The normalized spacial score (nSPS) is 21.8. The van der Waals surface area contributed by atoms with E-state index in [1.807, 2.05) is 66.3 Å². The Balaban J connectivity index is 1.07. The Bertz CT molecular complexity index is 2110. The number of benzene rings is 3. The summed E-state index contributed by atoms with van der Waals surface area (Å²) in [6.07, 6.45) is 4.73. The number of para-hydroxylation sites is 1. The van der Waals surface area contributed by atoms with Gasteiger partial charge in [0.15, 0.2) is 0 Å². The molecule has 4 amide bonds. The number of piperazine rings is 2. The third-order valence-electron chi connectivity index (χ3n) is 12.5. The number of carbonyl (C=O) groups is 3. The van der Waals surface area contributed by atoms with Gasteiger partial charge in [-0.2, -0.15) is 0 Å². The molecule has 4 aliphatic heterocycles. The summed E-state index contributed by atoms with van der Waals surface area (Å²) >= 11 is 0. The number of nitrogens with one attached hydrogen (secondary N) is 2. The monoisotopic (exact) mass is 803 g/mol. The molecule has 3 aromatic carbocycles. The van der Waals surface area contributed by atoms with E-state index in [1.165, 1.54) is 12.8 Å². The number of hydrazine groups is 1. The summed E-state index contributed by atoms with van der Waals surface area (Å²) < 4.78 is 2.03. The molecule has 14 nitrogen and oxygen atoms in total. The van der Waals surface area contributed by atoms with Gasteiger partial charge in [-0.15, -0.1) is 6.58 Å². The molecule has 5 heterocycles. The van der Waals surface area contributed by atoms with Gasteiger partial charge in [0.1, 0.15) is 24.2 Å². The molecule has 4 N–H and O–H groups in total. The van der Waals surface area contributed by atoms with Gasteiger partial charge in [0.2, 0.25) is 11.8 Å². The lowest BCUT2D eigenvalue weighted by Gasteiger charge is -2.55. The van der Waals surface area contributed by atoms with Crippen molar-refractivity contribution in [2.75, 3.05) is 65.4 Å². The van der Waals surface area contributed by atoms with E-state index in [9.17, 15) is 24.6 Å². The molecule has 0 spiro atoms. The second kappa shape index (κ2) is 17.9. The van der Waals surface area contributed by atoms with E-state index in [0.29, 0.717) is 0 Å². The topological polar surface area (TPSA) is 140 Å². The number of carbonyl (C=O) groups excluding carboxylic acids is 3. The molecule has 0 aliphatic carbocycles. The van der Waals surface area contributed by atoms with E-state index in [4.69, 9.17) is 0 Å². The lowest BCUT2D eigenvalue weighted by molar-refractivity contribution is -0.189. The number of piperidine rings is 1. The predicted molar refractivity (Wildman–Crippen MR) is 225 cm³/mol. The number of hydrogen-bond donors (Lipinski definition) is 4. The number of aliphatic hydroxyl groups is 1. The van der Waals surface area contributed by atoms with Crippen LogP contribution in [0.25, 0.3) is 10.9 Å². The third-order valence-corrected chi connectivity index (χ3v) is 12.5. The Kier molecular flexibility index (Phi) is 12.3. The number of amides is 4. The molecule has 4 saturated heterocycles. The van der Waals surface area contributed by atoms with Crippen molar-refractivity contribution in [2.24, 2.45) is 13.0 Å². The fourth-order valence-electron chi connectivity index (χ4n) is 9.49. The second-order valence-corrected chi connectivity index (χ2v) is 16.4. The van der Waals surface area contributed by atoms with Crippen LogP contribution in [0.15, 0.2) is 91.6 Å². The Morgan fingerprint density at radius 2 is 1.71 bits per heavy atom. The molecule has 1 unspecified atom stereocenters. The van der Waals surface area contributed by atoms with Gasteiger partial charge >= 0.3 is 6.03 Å². The van der Waals surface area contributed by atoms with Crippen molar-refractivity contribution in [3.63, 3.8) is 0 Å². The van der Waals surface area contributed by atoms with E-state index >= 15 is 0 Å². The number of aliphatic hydroxyl groups excluding tert-OH is 1. The van der Waals surface area contributed by atoms with E-state index < -0.39 is 18.4 Å². The zero-order valence-corrected chi connectivity index (χ0v) is 34.0. The lowest BCUT2D eigenvalue weighted by atomic mass is 9.97. The van der Waals surface area contributed by atoms with E-state index in [-0.39, 0.29) is 62.7 Å². The number of rotatable bonds is 12. The molecule has 3 atom stereocenters. The minimum absolute atomic E-state index is 0.0843. The van der Waals surface area contributed by atoms with Crippen molar-refractivity contribution < 1.29 is 24.6 Å². The van der Waals surface area contributed by atoms with Crippen molar-refractivity contribution in [1.82, 2.24) is 44.8 Å². The molecule has 4 fully saturated rings. The number of aromatic nitrogens is 1. The van der Waals surface area contributed by atoms with Crippen LogP contribution in [0, 0.1) is 5.92 Å². The number of urea groups is 1. The van der Waals surface area contributed by atoms with Gasteiger partial charge in [-0.1, -0.05) is 66.7 Å². The summed E-state index contributed by atoms with van der Waals surface area (Å²) in [4.78, 5) is 51.1.